The average molecular weight is 294 g/mol. The summed E-state index contributed by atoms with van der Waals surface area (Å²) in [6.07, 6.45) is 5.69. The molecule has 2 bridgehead atoms. The van der Waals surface area contributed by atoms with Crippen molar-refractivity contribution in [2.45, 2.75) is 39.2 Å². The summed E-state index contributed by atoms with van der Waals surface area (Å²) in [6.45, 7) is 4.77. The Morgan fingerprint density at radius 3 is 2.90 bits per heavy atom. The fourth-order valence-corrected chi connectivity index (χ4v) is 4.06. The zero-order valence-electron chi connectivity index (χ0n) is 12.2. The van der Waals surface area contributed by atoms with Crippen molar-refractivity contribution in [3.63, 3.8) is 0 Å². The summed E-state index contributed by atoms with van der Waals surface area (Å²) in [5.74, 6) is 3.68. The van der Waals surface area contributed by atoms with Gasteiger partial charge in [-0.05, 0) is 61.8 Å². The number of fused-ring (bicyclic) bond motifs is 2. The summed E-state index contributed by atoms with van der Waals surface area (Å²) in [5, 5.41) is 4.13. The number of nitrogens with one attached hydrogen (secondary N) is 1. The molecule has 0 aliphatic heterocycles. The molecule has 0 heterocycles. The average Bonchev–Trinajstić information content (AvgIpc) is 3.06. The molecular weight excluding hydrogens is 270 g/mol. The van der Waals surface area contributed by atoms with Gasteiger partial charge in [0.25, 0.3) is 0 Å². The molecule has 1 aromatic carbocycles. The monoisotopic (exact) mass is 293 g/mol. The summed E-state index contributed by atoms with van der Waals surface area (Å²) >= 11 is 6.09. The van der Waals surface area contributed by atoms with E-state index in [1.54, 1.807) is 0 Å². The van der Waals surface area contributed by atoms with Crippen LogP contribution in [0.1, 0.15) is 38.2 Å². The molecule has 3 heteroatoms. The highest BCUT2D eigenvalue weighted by atomic mass is 35.5. The fourth-order valence-electron chi connectivity index (χ4n) is 3.86. The molecule has 1 aromatic rings. The van der Waals surface area contributed by atoms with Crippen LogP contribution in [0.2, 0.25) is 5.02 Å². The van der Waals surface area contributed by atoms with Crippen molar-refractivity contribution < 1.29 is 4.74 Å². The first-order valence-electron chi connectivity index (χ1n) is 7.88. The Labute approximate surface area is 126 Å². The third-order valence-electron chi connectivity index (χ3n) is 4.93. The van der Waals surface area contributed by atoms with Crippen LogP contribution in [0.4, 0.5) is 0 Å². The van der Waals surface area contributed by atoms with Gasteiger partial charge in [-0.1, -0.05) is 24.9 Å². The molecule has 2 nitrogen and oxygen atoms in total. The molecule has 0 aromatic heterocycles. The second-order valence-corrected chi connectivity index (χ2v) is 6.71. The summed E-state index contributed by atoms with van der Waals surface area (Å²) in [6, 6.07) is 5.95. The molecular formula is C17H24ClNO. The van der Waals surface area contributed by atoms with Crippen molar-refractivity contribution in [1.82, 2.24) is 5.32 Å². The number of hydrogen-bond donors (Lipinski definition) is 1. The van der Waals surface area contributed by atoms with Crippen LogP contribution in [0.3, 0.4) is 0 Å². The first kappa shape index (κ1) is 14.2. The quantitative estimate of drug-likeness (QED) is 0.846. The Hall–Kier alpha value is -0.730. The smallest absolute Gasteiger partial charge is 0.123 e. The van der Waals surface area contributed by atoms with Crippen LogP contribution in [-0.2, 0) is 6.54 Å². The maximum absolute atomic E-state index is 6.13. The number of halogens is 1. The Kier molecular flexibility index (Phi) is 4.52. The Morgan fingerprint density at radius 2 is 2.20 bits per heavy atom. The zero-order chi connectivity index (χ0) is 13.9. The molecule has 3 unspecified atom stereocenters. The SMILES string of the molecule is CCNCc1cc(Cl)ccc1OCC1CC2CCC1C2. The maximum Gasteiger partial charge on any atom is 0.123 e. The topological polar surface area (TPSA) is 21.3 Å². The predicted octanol–water partition coefficient (Wildman–Crippen LogP) is 4.26. The van der Waals surface area contributed by atoms with Crippen LogP contribution >= 0.6 is 11.6 Å². The third-order valence-corrected chi connectivity index (χ3v) is 5.16. The lowest BCUT2D eigenvalue weighted by atomic mass is 9.89. The van der Waals surface area contributed by atoms with E-state index in [-0.39, 0.29) is 0 Å². The summed E-state index contributed by atoms with van der Waals surface area (Å²) in [4.78, 5) is 0. The Balaban J connectivity index is 1.61. The van der Waals surface area contributed by atoms with E-state index in [9.17, 15) is 0 Å². The van der Waals surface area contributed by atoms with Gasteiger partial charge in [-0.25, -0.2) is 0 Å². The minimum absolute atomic E-state index is 0.774. The van der Waals surface area contributed by atoms with E-state index < -0.39 is 0 Å². The van der Waals surface area contributed by atoms with Crippen LogP contribution in [0, 0.1) is 17.8 Å². The van der Waals surface area contributed by atoms with Crippen molar-refractivity contribution in [3.8, 4) is 5.75 Å². The van der Waals surface area contributed by atoms with Gasteiger partial charge in [0.1, 0.15) is 5.75 Å². The standard InChI is InChI=1S/C17H24ClNO/c1-2-19-10-14-9-16(18)5-6-17(14)20-11-15-8-12-3-4-13(15)7-12/h5-6,9,12-13,15,19H,2-4,7-8,10-11H2,1H3. The van der Waals surface area contributed by atoms with Crippen molar-refractivity contribution in [3.05, 3.63) is 28.8 Å². The first-order chi connectivity index (χ1) is 9.76. The van der Waals surface area contributed by atoms with Gasteiger partial charge < -0.3 is 10.1 Å². The van der Waals surface area contributed by atoms with Crippen molar-refractivity contribution >= 4 is 11.6 Å². The molecule has 3 atom stereocenters. The van der Waals surface area contributed by atoms with Crippen LogP contribution in [-0.4, -0.2) is 13.2 Å². The van der Waals surface area contributed by atoms with Gasteiger partial charge in [0.15, 0.2) is 0 Å². The van der Waals surface area contributed by atoms with E-state index in [2.05, 4.69) is 12.2 Å². The second-order valence-electron chi connectivity index (χ2n) is 6.28. The molecule has 2 aliphatic carbocycles. The van der Waals surface area contributed by atoms with Gasteiger partial charge in [-0.15, -0.1) is 0 Å². The van der Waals surface area contributed by atoms with Gasteiger partial charge >= 0.3 is 0 Å². The fraction of sp³-hybridized carbons (Fsp3) is 0.647. The normalized spacial score (nSPS) is 28.0. The Morgan fingerprint density at radius 1 is 1.30 bits per heavy atom. The lowest BCUT2D eigenvalue weighted by molar-refractivity contribution is 0.194. The van der Waals surface area contributed by atoms with Crippen LogP contribution in [0.5, 0.6) is 5.75 Å². The van der Waals surface area contributed by atoms with Gasteiger partial charge in [0.05, 0.1) is 6.61 Å². The zero-order valence-corrected chi connectivity index (χ0v) is 13.0. The number of ether oxygens (including phenoxy) is 1. The summed E-state index contributed by atoms with van der Waals surface area (Å²) < 4.78 is 6.13. The van der Waals surface area contributed by atoms with E-state index in [0.29, 0.717) is 0 Å². The maximum atomic E-state index is 6.13. The minimum Gasteiger partial charge on any atom is -0.493 e. The molecule has 0 saturated heterocycles. The van der Waals surface area contributed by atoms with E-state index in [4.69, 9.17) is 16.3 Å². The molecule has 0 radical (unpaired) electrons. The number of benzene rings is 1. The summed E-state index contributed by atoms with van der Waals surface area (Å²) in [5.41, 5.74) is 1.17. The van der Waals surface area contributed by atoms with Crippen molar-refractivity contribution in [2.75, 3.05) is 13.2 Å². The first-order valence-corrected chi connectivity index (χ1v) is 8.26. The van der Waals surface area contributed by atoms with Crippen LogP contribution in [0.15, 0.2) is 18.2 Å². The molecule has 3 rings (SSSR count). The van der Waals surface area contributed by atoms with Crippen molar-refractivity contribution in [2.24, 2.45) is 17.8 Å². The van der Waals surface area contributed by atoms with E-state index in [1.165, 1.54) is 31.2 Å². The predicted molar refractivity (Wildman–Crippen MR) is 83.3 cm³/mol. The van der Waals surface area contributed by atoms with E-state index >= 15 is 0 Å². The summed E-state index contributed by atoms with van der Waals surface area (Å²) in [7, 11) is 0. The lowest BCUT2D eigenvalue weighted by Gasteiger charge is -2.22. The largest absolute Gasteiger partial charge is 0.493 e. The Bertz CT molecular complexity index is 462. The molecule has 20 heavy (non-hydrogen) atoms. The number of hydrogen-bond acceptors (Lipinski definition) is 2. The third kappa shape index (κ3) is 3.12. The van der Waals surface area contributed by atoms with E-state index in [0.717, 1.165) is 48.2 Å². The van der Waals surface area contributed by atoms with E-state index in [1.807, 2.05) is 18.2 Å². The molecule has 1 N–H and O–H groups in total. The molecule has 2 aliphatic rings. The van der Waals surface area contributed by atoms with Crippen LogP contribution in [0.25, 0.3) is 0 Å². The van der Waals surface area contributed by atoms with Gasteiger partial charge in [-0.2, -0.15) is 0 Å². The lowest BCUT2D eigenvalue weighted by Crippen LogP contribution is -2.19. The van der Waals surface area contributed by atoms with Gasteiger partial charge in [-0.3, -0.25) is 0 Å². The molecule has 0 spiro atoms. The minimum atomic E-state index is 0.774. The molecule has 110 valence electrons. The highest BCUT2D eigenvalue weighted by molar-refractivity contribution is 6.30. The van der Waals surface area contributed by atoms with Crippen LogP contribution < -0.4 is 10.1 Å². The molecule has 0 amide bonds. The van der Waals surface area contributed by atoms with Gasteiger partial charge in [0.2, 0.25) is 0 Å². The number of rotatable bonds is 6. The molecule has 2 fully saturated rings. The highest BCUT2D eigenvalue weighted by Crippen LogP contribution is 2.48. The highest BCUT2D eigenvalue weighted by Gasteiger charge is 2.39. The molecule has 2 saturated carbocycles. The van der Waals surface area contributed by atoms with Gasteiger partial charge in [0, 0.05) is 17.1 Å². The second kappa shape index (κ2) is 6.36. The van der Waals surface area contributed by atoms with Crippen molar-refractivity contribution in [1.29, 1.82) is 0 Å².